The molecule has 17 heavy (non-hydrogen) atoms. The number of thiophene rings is 1. The smallest absolute Gasteiger partial charge is 0.0465 e. The molecule has 0 saturated heterocycles. The van der Waals surface area contributed by atoms with Gasteiger partial charge in [-0.05, 0) is 35.6 Å². The van der Waals surface area contributed by atoms with E-state index in [0.717, 1.165) is 30.1 Å². The summed E-state index contributed by atoms with van der Waals surface area (Å²) < 4.78 is 0. The highest BCUT2D eigenvalue weighted by atomic mass is 35.5. The Morgan fingerprint density at radius 2 is 2.06 bits per heavy atom. The Labute approximate surface area is 115 Å². The fraction of sp³-hybridized carbons (Fsp3) is 0.231. The summed E-state index contributed by atoms with van der Waals surface area (Å²) in [5.41, 5.74) is 1.09. The Kier molecular flexibility index (Phi) is 4.86. The largest absolute Gasteiger partial charge is 0.312 e. The predicted octanol–water partition coefficient (Wildman–Crippen LogP) is 4.39. The molecule has 0 amide bonds. The third-order valence-corrected chi connectivity index (χ3v) is 3.98. The van der Waals surface area contributed by atoms with Gasteiger partial charge in [-0.3, -0.25) is 0 Å². The highest BCUT2D eigenvalue weighted by Crippen LogP contribution is 2.20. The average Bonchev–Trinajstić information content (AvgIpc) is 2.79. The molecule has 1 nitrogen and oxygen atoms in total. The van der Waals surface area contributed by atoms with Crippen molar-refractivity contribution >= 4 is 34.5 Å². The van der Waals surface area contributed by atoms with Crippen molar-refractivity contribution in [3.63, 3.8) is 0 Å². The molecular weight excluding hydrogens is 273 g/mol. The van der Waals surface area contributed by atoms with E-state index in [2.05, 4.69) is 22.8 Å². The van der Waals surface area contributed by atoms with Crippen LogP contribution >= 0.6 is 34.5 Å². The quantitative estimate of drug-likeness (QED) is 0.804. The van der Waals surface area contributed by atoms with Crippen LogP contribution in [0.3, 0.4) is 0 Å². The first kappa shape index (κ1) is 12.9. The Hall–Kier alpha value is -0.540. The maximum absolute atomic E-state index is 6.09. The van der Waals surface area contributed by atoms with Crippen LogP contribution in [0.1, 0.15) is 10.4 Å². The Morgan fingerprint density at radius 3 is 2.76 bits per heavy atom. The fourth-order valence-electron chi connectivity index (χ4n) is 1.55. The Balaban J connectivity index is 1.78. The molecule has 2 aromatic rings. The summed E-state index contributed by atoms with van der Waals surface area (Å²) in [7, 11) is 0. The minimum atomic E-state index is 0.678. The van der Waals surface area contributed by atoms with Crippen molar-refractivity contribution in [1.82, 2.24) is 5.32 Å². The van der Waals surface area contributed by atoms with E-state index in [0.29, 0.717) is 5.02 Å². The van der Waals surface area contributed by atoms with E-state index in [1.54, 1.807) is 17.4 Å². The van der Waals surface area contributed by atoms with Crippen molar-refractivity contribution in [3.05, 3.63) is 56.2 Å². The zero-order valence-corrected chi connectivity index (χ0v) is 11.6. The van der Waals surface area contributed by atoms with Crippen LogP contribution in [0.5, 0.6) is 0 Å². The van der Waals surface area contributed by atoms with Gasteiger partial charge in [0.1, 0.15) is 0 Å². The van der Waals surface area contributed by atoms with Crippen molar-refractivity contribution in [2.24, 2.45) is 0 Å². The average molecular weight is 286 g/mol. The van der Waals surface area contributed by atoms with Gasteiger partial charge in [-0.15, -0.1) is 11.3 Å². The maximum atomic E-state index is 6.09. The highest BCUT2D eigenvalue weighted by Gasteiger charge is 2.00. The molecule has 0 bridgehead atoms. The van der Waals surface area contributed by atoms with Gasteiger partial charge in [-0.1, -0.05) is 35.3 Å². The second kappa shape index (κ2) is 6.41. The van der Waals surface area contributed by atoms with E-state index in [9.17, 15) is 0 Å². The SMILES string of the molecule is Clc1ccc(CNCCc2cccs2)c(Cl)c1. The molecule has 0 aliphatic rings. The standard InChI is InChI=1S/C13H13Cl2NS/c14-11-4-3-10(13(15)8-11)9-16-6-5-12-2-1-7-17-12/h1-4,7-8,16H,5-6,9H2. The van der Waals surface area contributed by atoms with Crippen LogP contribution in [0, 0.1) is 0 Å². The third-order valence-electron chi connectivity index (χ3n) is 2.46. The number of rotatable bonds is 5. The van der Waals surface area contributed by atoms with Gasteiger partial charge in [0.25, 0.3) is 0 Å². The summed E-state index contributed by atoms with van der Waals surface area (Å²) >= 11 is 13.7. The summed E-state index contributed by atoms with van der Waals surface area (Å²) in [6.07, 6.45) is 1.06. The lowest BCUT2D eigenvalue weighted by Gasteiger charge is -2.06. The first-order valence-electron chi connectivity index (χ1n) is 5.43. The molecule has 0 aliphatic heterocycles. The predicted molar refractivity (Wildman–Crippen MR) is 76.2 cm³/mol. The lowest BCUT2D eigenvalue weighted by Crippen LogP contribution is -2.16. The van der Waals surface area contributed by atoms with Gasteiger partial charge >= 0.3 is 0 Å². The van der Waals surface area contributed by atoms with Gasteiger partial charge in [-0.25, -0.2) is 0 Å². The molecule has 1 aromatic heterocycles. The van der Waals surface area contributed by atoms with Crippen LogP contribution in [-0.2, 0) is 13.0 Å². The van der Waals surface area contributed by atoms with E-state index in [4.69, 9.17) is 23.2 Å². The molecule has 0 spiro atoms. The third kappa shape index (κ3) is 4.00. The number of hydrogen-bond donors (Lipinski definition) is 1. The minimum absolute atomic E-state index is 0.678. The molecule has 0 radical (unpaired) electrons. The van der Waals surface area contributed by atoms with Crippen LogP contribution in [0.15, 0.2) is 35.7 Å². The summed E-state index contributed by atoms with van der Waals surface area (Å²) in [6.45, 7) is 1.74. The van der Waals surface area contributed by atoms with E-state index >= 15 is 0 Å². The molecule has 0 unspecified atom stereocenters. The topological polar surface area (TPSA) is 12.0 Å². The summed E-state index contributed by atoms with van der Waals surface area (Å²) in [4.78, 5) is 1.40. The molecule has 90 valence electrons. The molecule has 2 rings (SSSR count). The zero-order valence-electron chi connectivity index (χ0n) is 9.25. The molecular formula is C13H13Cl2NS. The van der Waals surface area contributed by atoms with Crippen molar-refractivity contribution in [1.29, 1.82) is 0 Å². The Bertz CT molecular complexity index is 468. The number of nitrogens with one attached hydrogen (secondary N) is 1. The van der Waals surface area contributed by atoms with E-state index in [-0.39, 0.29) is 0 Å². The van der Waals surface area contributed by atoms with Crippen molar-refractivity contribution < 1.29 is 0 Å². The van der Waals surface area contributed by atoms with E-state index in [1.165, 1.54) is 4.88 Å². The van der Waals surface area contributed by atoms with Gasteiger partial charge in [-0.2, -0.15) is 0 Å². The summed E-state index contributed by atoms with van der Waals surface area (Å²) in [5.74, 6) is 0. The van der Waals surface area contributed by atoms with Crippen LogP contribution in [0.4, 0.5) is 0 Å². The number of benzene rings is 1. The monoisotopic (exact) mass is 285 g/mol. The first-order valence-corrected chi connectivity index (χ1v) is 7.06. The molecule has 4 heteroatoms. The van der Waals surface area contributed by atoms with Crippen molar-refractivity contribution in [2.45, 2.75) is 13.0 Å². The molecule has 1 aromatic carbocycles. The molecule has 0 atom stereocenters. The van der Waals surface area contributed by atoms with Gasteiger partial charge in [0.05, 0.1) is 0 Å². The van der Waals surface area contributed by atoms with E-state index in [1.807, 2.05) is 12.1 Å². The van der Waals surface area contributed by atoms with Crippen molar-refractivity contribution in [3.8, 4) is 0 Å². The van der Waals surface area contributed by atoms with Crippen LogP contribution in [-0.4, -0.2) is 6.54 Å². The van der Waals surface area contributed by atoms with Gasteiger partial charge < -0.3 is 5.32 Å². The highest BCUT2D eigenvalue weighted by molar-refractivity contribution is 7.09. The minimum Gasteiger partial charge on any atom is -0.312 e. The fourth-order valence-corrected chi connectivity index (χ4v) is 2.74. The molecule has 1 N–H and O–H groups in total. The molecule has 1 heterocycles. The molecule has 0 fully saturated rings. The first-order chi connectivity index (χ1) is 8.25. The normalized spacial score (nSPS) is 10.7. The van der Waals surface area contributed by atoms with Crippen LogP contribution < -0.4 is 5.32 Å². The van der Waals surface area contributed by atoms with Gasteiger partial charge in [0.15, 0.2) is 0 Å². The molecule has 0 aliphatic carbocycles. The van der Waals surface area contributed by atoms with Gasteiger partial charge in [0.2, 0.25) is 0 Å². The lowest BCUT2D eigenvalue weighted by atomic mass is 10.2. The molecule has 0 saturated carbocycles. The number of halogens is 2. The Morgan fingerprint density at radius 1 is 1.18 bits per heavy atom. The van der Waals surface area contributed by atoms with Gasteiger partial charge in [0, 0.05) is 28.0 Å². The zero-order chi connectivity index (χ0) is 12.1. The summed E-state index contributed by atoms with van der Waals surface area (Å²) in [5, 5.41) is 6.88. The number of hydrogen-bond acceptors (Lipinski definition) is 2. The maximum Gasteiger partial charge on any atom is 0.0465 e. The second-order valence-corrected chi connectivity index (χ2v) is 5.62. The van der Waals surface area contributed by atoms with Crippen LogP contribution in [0.2, 0.25) is 10.0 Å². The van der Waals surface area contributed by atoms with Crippen molar-refractivity contribution in [2.75, 3.05) is 6.54 Å². The lowest BCUT2D eigenvalue weighted by molar-refractivity contribution is 0.691. The van der Waals surface area contributed by atoms with E-state index < -0.39 is 0 Å². The summed E-state index contributed by atoms with van der Waals surface area (Å²) in [6, 6.07) is 9.84. The van der Waals surface area contributed by atoms with Crippen LogP contribution in [0.25, 0.3) is 0 Å². The second-order valence-electron chi connectivity index (χ2n) is 3.74.